The van der Waals surface area contributed by atoms with Crippen molar-refractivity contribution in [3.63, 3.8) is 0 Å². The number of anilines is 3. The molecule has 2 nitrogen and oxygen atoms in total. The minimum atomic E-state index is -0.615. The fourth-order valence-corrected chi connectivity index (χ4v) is 13.6. The molecule has 0 bridgehead atoms. The predicted octanol–water partition coefficient (Wildman–Crippen LogP) is 20.2. The average Bonchev–Trinajstić information content (AvgIpc) is 4.16. The normalized spacial score (nSPS) is 16.1. The lowest BCUT2D eigenvalue weighted by molar-refractivity contribution is 0.306. The number of aryl methyl sites for hydroxylation is 2. The Labute approximate surface area is 469 Å². The highest BCUT2D eigenvalue weighted by Gasteiger charge is 2.47. The fraction of sp³-hybridized carbons (Fsp3) is 0.221. The van der Waals surface area contributed by atoms with Gasteiger partial charge in [-0.25, -0.2) is 0 Å². The molecule has 3 aliphatic rings. The monoisotopic (exact) mass is 1030 g/mol. The lowest BCUT2D eigenvalue weighted by Gasteiger charge is -2.35. The summed E-state index contributed by atoms with van der Waals surface area (Å²) in [5.41, 5.74) is 26.5. The zero-order valence-electron chi connectivity index (χ0n) is 47.0. The van der Waals surface area contributed by atoms with Crippen LogP contribution in [0.3, 0.4) is 0 Å². The molecule has 79 heavy (non-hydrogen) atoms. The van der Waals surface area contributed by atoms with Crippen molar-refractivity contribution in [2.45, 2.75) is 109 Å². The Morgan fingerprint density at radius 2 is 1.04 bits per heavy atom. The molecule has 0 amide bonds. The van der Waals surface area contributed by atoms with E-state index in [1.54, 1.807) is 0 Å². The molecule has 0 aromatic heterocycles. The van der Waals surface area contributed by atoms with Gasteiger partial charge in [0.25, 0.3) is 0 Å². The van der Waals surface area contributed by atoms with Gasteiger partial charge in [-0.3, -0.25) is 0 Å². The Kier molecular flexibility index (Phi) is 12.7. The highest BCUT2D eigenvalue weighted by Crippen LogP contribution is 2.58. The summed E-state index contributed by atoms with van der Waals surface area (Å²) in [5, 5.41) is 0. The van der Waals surface area contributed by atoms with Crippen LogP contribution >= 0.6 is 0 Å². The summed E-state index contributed by atoms with van der Waals surface area (Å²) in [6.45, 7) is 16.8. The molecule has 3 unspecified atom stereocenters. The first-order valence-corrected chi connectivity index (χ1v) is 28.9. The van der Waals surface area contributed by atoms with E-state index in [1.807, 2.05) is 0 Å². The standard InChI is InChI=1S/C77H71NO/c1-8-53(55-26-28-56(29-27-55)58-32-30-57-31-33-59(57)47-58)46-51(2)54-24-22-52(23-25-54)50-79-66-42-38-62(39-43-66)77(61-36-34-60(35-37-61)75(3,4)5)72-21-15-13-19-68(72)70-45-41-65(49-74(70)77)78(63-16-10-9-11-17-63)64-40-44-69-67-18-12-14-20-71(67)76(6,7)73(69)48-64/h9-30,32,34-45,47-49,51,53H,8,31,33,46,50H2,1-7H3. The van der Waals surface area contributed by atoms with Gasteiger partial charge in [0.15, 0.2) is 0 Å². The number of para-hydroxylation sites is 1. The summed E-state index contributed by atoms with van der Waals surface area (Å²) in [4.78, 5) is 2.46. The average molecular weight is 1030 g/mol. The lowest BCUT2D eigenvalue weighted by atomic mass is 9.67. The zero-order chi connectivity index (χ0) is 54.0. The molecule has 0 saturated carbocycles. The number of benzene rings is 10. The van der Waals surface area contributed by atoms with Gasteiger partial charge in [0, 0.05) is 22.5 Å². The van der Waals surface area contributed by atoms with Crippen molar-refractivity contribution in [2.24, 2.45) is 0 Å². The van der Waals surface area contributed by atoms with Crippen LogP contribution in [0, 0.1) is 0 Å². The summed E-state index contributed by atoms with van der Waals surface area (Å²) >= 11 is 0. The van der Waals surface area contributed by atoms with E-state index in [9.17, 15) is 0 Å². The van der Waals surface area contributed by atoms with Crippen molar-refractivity contribution in [2.75, 3.05) is 4.90 Å². The first-order valence-electron chi connectivity index (χ1n) is 28.9. The fourth-order valence-electron chi connectivity index (χ4n) is 13.6. The van der Waals surface area contributed by atoms with Crippen LogP contribution in [0.2, 0.25) is 0 Å². The van der Waals surface area contributed by atoms with Gasteiger partial charge in [0.2, 0.25) is 0 Å². The van der Waals surface area contributed by atoms with E-state index in [0.717, 1.165) is 35.7 Å². The van der Waals surface area contributed by atoms with E-state index in [4.69, 9.17) is 4.74 Å². The first-order chi connectivity index (χ1) is 38.4. The quantitative estimate of drug-likeness (QED) is 0.108. The Morgan fingerprint density at radius 3 is 1.67 bits per heavy atom. The molecule has 2 heteroatoms. The van der Waals surface area contributed by atoms with Crippen LogP contribution in [0.25, 0.3) is 33.4 Å². The Bertz CT molecular complexity index is 3860. The molecule has 3 aliphatic carbocycles. The van der Waals surface area contributed by atoms with Gasteiger partial charge in [-0.1, -0.05) is 230 Å². The number of fused-ring (bicyclic) bond motifs is 7. The molecular formula is C77H71NO. The van der Waals surface area contributed by atoms with Crippen LogP contribution in [0.15, 0.2) is 231 Å². The Hall–Kier alpha value is -8.20. The predicted molar refractivity (Wildman–Crippen MR) is 331 cm³/mol. The third-order valence-electron chi connectivity index (χ3n) is 18.3. The van der Waals surface area contributed by atoms with Gasteiger partial charge < -0.3 is 9.64 Å². The maximum absolute atomic E-state index is 6.65. The lowest BCUT2D eigenvalue weighted by Crippen LogP contribution is -2.29. The first kappa shape index (κ1) is 50.3. The van der Waals surface area contributed by atoms with Crippen LogP contribution in [0.4, 0.5) is 17.1 Å². The highest BCUT2D eigenvalue weighted by molar-refractivity contribution is 5.91. The summed E-state index contributed by atoms with van der Waals surface area (Å²) in [7, 11) is 0. The van der Waals surface area contributed by atoms with Crippen molar-refractivity contribution < 1.29 is 4.74 Å². The number of nitrogens with zero attached hydrogens (tertiary/aromatic N) is 1. The Morgan fingerprint density at radius 1 is 0.481 bits per heavy atom. The van der Waals surface area contributed by atoms with Crippen molar-refractivity contribution in [3.05, 3.63) is 297 Å². The van der Waals surface area contributed by atoms with Crippen LogP contribution in [-0.2, 0) is 35.7 Å². The molecule has 0 radical (unpaired) electrons. The third-order valence-corrected chi connectivity index (χ3v) is 18.3. The molecule has 0 spiro atoms. The molecule has 0 saturated heterocycles. The van der Waals surface area contributed by atoms with Gasteiger partial charge in [-0.15, -0.1) is 0 Å². The maximum atomic E-state index is 6.65. The summed E-state index contributed by atoms with van der Waals surface area (Å²) < 4.78 is 6.65. The van der Waals surface area contributed by atoms with Crippen molar-refractivity contribution >= 4 is 17.1 Å². The molecule has 3 atom stereocenters. The molecule has 0 heterocycles. The molecule has 0 N–H and O–H groups in total. The van der Waals surface area contributed by atoms with Gasteiger partial charge in [0.1, 0.15) is 12.4 Å². The number of hydrogen-bond acceptors (Lipinski definition) is 2. The van der Waals surface area contributed by atoms with Crippen molar-refractivity contribution in [3.8, 4) is 39.1 Å². The van der Waals surface area contributed by atoms with Crippen LogP contribution < -0.4 is 9.64 Å². The maximum Gasteiger partial charge on any atom is 0.119 e. The van der Waals surface area contributed by atoms with Crippen molar-refractivity contribution in [1.82, 2.24) is 0 Å². The van der Waals surface area contributed by atoms with Gasteiger partial charge in [0.05, 0.1) is 5.41 Å². The van der Waals surface area contributed by atoms with E-state index in [2.05, 4.69) is 284 Å². The summed E-state index contributed by atoms with van der Waals surface area (Å²) in [5.74, 6) is 1.80. The molecule has 10 aromatic carbocycles. The number of ether oxygens (including phenoxy) is 1. The van der Waals surface area contributed by atoms with Crippen LogP contribution in [0.5, 0.6) is 5.75 Å². The molecular weight excluding hydrogens is 955 g/mol. The summed E-state index contributed by atoms with van der Waals surface area (Å²) in [6, 6.07) is 87.1. The van der Waals surface area contributed by atoms with E-state index >= 15 is 0 Å². The largest absolute Gasteiger partial charge is 0.489 e. The topological polar surface area (TPSA) is 12.5 Å². The second kappa shape index (κ2) is 19.9. The second-order valence-electron chi connectivity index (χ2n) is 24.3. The van der Waals surface area contributed by atoms with E-state index < -0.39 is 5.41 Å². The molecule has 390 valence electrons. The van der Waals surface area contributed by atoms with E-state index in [1.165, 1.54) is 113 Å². The van der Waals surface area contributed by atoms with Gasteiger partial charge in [-0.05, 0) is 192 Å². The molecule has 0 aliphatic heterocycles. The minimum absolute atomic E-state index is 0.0128. The van der Waals surface area contributed by atoms with Crippen LogP contribution in [-0.4, -0.2) is 0 Å². The van der Waals surface area contributed by atoms with Gasteiger partial charge in [-0.2, -0.15) is 0 Å². The molecule has 0 fully saturated rings. The number of rotatable bonds is 14. The van der Waals surface area contributed by atoms with E-state index in [0.29, 0.717) is 18.4 Å². The SMILES string of the molecule is CCC(CC(C)c1ccc(COc2ccc(C3(c4ccc(C(C)(C)C)cc4)c4ccccc4-c4ccc(N(c5ccccc5)c5ccc6c(c5)C(C)(C)c5ccccc5-6)cc43)cc2)cc1)c1ccc(-c2ccc3c(c2)CC3)cc1. The second-order valence-corrected chi connectivity index (χ2v) is 24.3. The Balaban J connectivity index is 0.805. The van der Waals surface area contributed by atoms with E-state index in [-0.39, 0.29) is 10.8 Å². The minimum Gasteiger partial charge on any atom is -0.489 e. The smallest absolute Gasteiger partial charge is 0.119 e. The third kappa shape index (κ3) is 8.81. The molecule has 10 aromatic rings. The number of hydrogen-bond donors (Lipinski definition) is 0. The van der Waals surface area contributed by atoms with Crippen molar-refractivity contribution in [1.29, 1.82) is 0 Å². The van der Waals surface area contributed by atoms with Crippen LogP contribution in [0.1, 0.15) is 140 Å². The molecule has 13 rings (SSSR count). The summed E-state index contributed by atoms with van der Waals surface area (Å²) in [6.07, 6.45) is 4.67. The highest BCUT2D eigenvalue weighted by atomic mass is 16.5. The van der Waals surface area contributed by atoms with Gasteiger partial charge >= 0.3 is 0 Å². The zero-order valence-corrected chi connectivity index (χ0v) is 47.0.